The van der Waals surface area contributed by atoms with Crippen molar-refractivity contribution in [1.29, 1.82) is 5.41 Å². The fraction of sp³-hybridized carbons (Fsp3) is 0.941. The van der Waals surface area contributed by atoms with Crippen LogP contribution in [-0.4, -0.2) is 31.6 Å². The molecular formula is C17H33N3O. The van der Waals surface area contributed by atoms with Crippen molar-refractivity contribution in [3.63, 3.8) is 0 Å². The highest BCUT2D eigenvalue weighted by Crippen LogP contribution is 2.45. The number of nitrogens with one attached hydrogen (secondary N) is 2. The smallest absolute Gasteiger partial charge is 0.0862 e. The van der Waals surface area contributed by atoms with Crippen LogP contribution in [0.5, 0.6) is 0 Å². The minimum absolute atomic E-state index is 0.207. The lowest BCUT2D eigenvalue weighted by Crippen LogP contribution is -2.59. The second-order valence-corrected chi connectivity index (χ2v) is 6.82. The summed E-state index contributed by atoms with van der Waals surface area (Å²) >= 11 is 0. The van der Waals surface area contributed by atoms with Gasteiger partial charge in [-0.3, -0.25) is 5.41 Å². The Morgan fingerprint density at radius 3 is 1.81 bits per heavy atom. The number of rotatable bonds is 2. The van der Waals surface area contributed by atoms with E-state index < -0.39 is 0 Å². The van der Waals surface area contributed by atoms with E-state index >= 15 is 0 Å². The second kappa shape index (κ2) is 8.74. The Kier molecular flexibility index (Phi) is 6.97. The molecule has 4 nitrogen and oxygen atoms in total. The van der Waals surface area contributed by atoms with Crippen molar-refractivity contribution < 1.29 is 4.74 Å². The average molecular weight is 295 g/mol. The molecule has 0 radical (unpaired) electrons. The van der Waals surface area contributed by atoms with Crippen molar-refractivity contribution in [3.8, 4) is 0 Å². The Morgan fingerprint density at radius 1 is 0.952 bits per heavy atom. The maximum atomic E-state index is 6.48. The molecule has 2 saturated carbocycles. The molecule has 3 rings (SSSR count). The van der Waals surface area contributed by atoms with Gasteiger partial charge < -0.3 is 15.8 Å². The van der Waals surface area contributed by atoms with Gasteiger partial charge in [0.2, 0.25) is 0 Å². The van der Waals surface area contributed by atoms with Crippen LogP contribution in [0.4, 0.5) is 0 Å². The van der Waals surface area contributed by atoms with Gasteiger partial charge in [0, 0.05) is 13.1 Å². The summed E-state index contributed by atoms with van der Waals surface area (Å²) in [4.78, 5) is 0. The summed E-state index contributed by atoms with van der Waals surface area (Å²) in [5.74, 6) is 1.67. The maximum Gasteiger partial charge on any atom is 0.0862 e. The Bertz CT molecular complexity index is 270. The molecule has 4 N–H and O–H groups in total. The van der Waals surface area contributed by atoms with Crippen LogP contribution in [0.15, 0.2) is 0 Å². The van der Waals surface area contributed by atoms with Crippen LogP contribution in [0.1, 0.15) is 64.2 Å². The maximum absolute atomic E-state index is 6.48. The third-order valence-corrected chi connectivity index (χ3v) is 5.64. The average Bonchev–Trinajstić information content (AvgIpc) is 2.58. The van der Waals surface area contributed by atoms with Gasteiger partial charge in [0.05, 0.1) is 18.5 Å². The monoisotopic (exact) mass is 295 g/mol. The zero-order valence-corrected chi connectivity index (χ0v) is 13.4. The van der Waals surface area contributed by atoms with Gasteiger partial charge in [-0.25, -0.2) is 0 Å². The number of hydrogen-bond donors (Lipinski definition) is 3. The Hall–Kier alpha value is -0.610. The molecule has 1 aliphatic heterocycles. The Morgan fingerprint density at radius 2 is 1.43 bits per heavy atom. The fourth-order valence-electron chi connectivity index (χ4n) is 4.69. The first kappa shape index (κ1) is 16.8. The Labute approximate surface area is 129 Å². The summed E-state index contributed by atoms with van der Waals surface area (Å²) in [6.45, 7) is 3.12. The molecule has 0 aromatic carbocycles. The summed E-state index contributed by atoms with van der Waals surface area (Å²) in [5.41, 5.74) is 4.60. The molecule has 21 heavy (non-hydrogen) atoms. The van der Waals surface area contributed by atoms with E-state index in [9.17, 15) is 0 Å². The van der Waals surface area contributed by atoms with Gasteiger partial charge in [0.15, 0.2) is 0 Å². The molecule has 0 aromatic heterocycles. The van der Waals surface area contributed by atoms with E-state index in [0.29, 0.717) is 0 Å². The molecular weight excluding hydrogens is 262 g/mol. The summed E-state index contributed by atoms with van der Waals surface area (Å²) in [7, 11) is 0. The third-order valence-electron chi connectivity index (χ3n) is 5.64. The van der Waals surface area contributed by atoms with Crippen molar-refractivity contribution in [2.75, 3.05) is 19.7 Å². The normalized spacial score (nSPS) is 27.4. The molecule has 0 unspecified atom stereocenters. The molecule has 4 heteroatoms. The highest BCUT2D eigenvalue weighted by atomic mass is 16.5. The predicted molar refractivity (Wildman–Crippen MR) is 87.7 cm³/mol. The standard InChI is InChI=1S/C16H29NO.CH4N2/c1-3-7-14(8-4-1)16(13-17-11-12-18-16)15-9-5-2-6-10-15;2-1-3/h14-15,17H,1-13H2;1H,(H3,2,3). The van der Waals surface area contributed by atoms with Crippen LogP contribution >= 0.6 is 0 Å². The molecule has 122 valence electrons. The van der Waals surface area contributed by atoms with E-state index in [1.54, 1.807) is 0 Å². The van der Waals surface area contributed by atoms with Gasteiger partial charge in [-0.2, -0.15) is 0 Å². The topological polar surface area (TPSA) is 71.1 Å². The van der Waals surface area contributed by atoms with Crippen molar-refractivity contribution in [2.24, 2.45) is 17.6 Å². The molecule has 0 amide bonds. The van der Waals surface area contributed by atoms with Gasteiger partial charge in [0.25, 0.3) is 0 Å². The molecule has 0 atom stereocenters. The van der Waals surface area contributed by atoms with Gasteiger partial charge in [-0.05, 0) is 37.5 Å². The van der Waals surface area contributed by atoms with E-state index in [1.807, 2.05) is 0 Å². The number of morpholine rings is 1. The van der Waals surface area contributed by atoms with E-state index in [1.165, 1.54) is 64.2 Å². The van der Waals surface area contributed by atoms with Crippen molar-refractivity contribution >= 4 is 6.34 Å². The van der Waals surface area contributed by atoms with Crippen LogP contribution in [0.2, 0.25) is 0 Å². The largest absolute Gasteiger partial charge is 0.390 e. The van der Waals surface area contributed by atoms with Crippen molar-refractivity contribution in [3.05, 3.63) is 0 Å². The number of nitrogens with two attached hydrogens (primary N) is 1. The molecule has 0 bridgehead atoms. The van der Waals surface area contributed by atoms with Crippen molar-refractivity contribution in [2.45, 2.75) is 69.8 Å². The minimum Gasteiger partial charge on any atom is -0.390 e. The zero-order valence-electron chi connectivity index (χ0n) is 13.4. The van der Waals surface area contributed by atoms with Crippen molar-refractivity contribution in [1.82, 2.24) is 5.32 Å². The van der Waals surface area contributed by atoms with Gasteiger partial charge >= 0.3 is 0 Å². The van der Waals surface area contributed by atoms with Gasteiger partial charge in [0.1, 0.15) is 0 Å². The highest BCUT2D eigenvalue weighted by Gasteiger charge is 2.47. The van der Waals surface area contributed by atoms with E-state index in [4.69, 9.17) is 10.1 Å². The molecule has 1 heterocycles. The lowest BCUT2D eigenvalue weighted by atomic mass is 9.66. The molecule has 2 aliphatic carbocycles. The predicted octanol–water partition coefficient (Wildman–Crippen LogP) is 3.06. The molecule has 0 aromatic rings. The Balaban J connectivity index is 0.000000497. The highest BCUT2D eigenvalue weighted by molar-refractivity contribution is 5.46. The second-order valence-electron chi connectivity index (χ2n) is 6.82. The summed E-state index contributed by atoms with van der Waals surface area (Å²) in [5, 5.41) is 9.51. The molecule has 0 spiro atoms. The fourth-order valence-corrected chi connectivity index (χ4v) is 4.69. The minimum atomic E-state index is 0.207. The lowest BCUT2D eigenvalue weighted by molar-refractivity contribution is -0.155. The van der Waals surface area contributed by atoms with E-state index in [2.05, 4.69) is 11.1 Å². The molecule has 3 aliphatic rings. The van der Waals surface area contributed by atoms with Crippen LogP contribution in [0.3, 0.4) is 0 Å². The van der Waals surface area contributed by atoms with Gasteiger partial charge in [-0.15, -0.1) is 0 Å². The summed E-state index contributed by atoms with van der Waals surface area (Å²) < 4.78 is 6.48. The third kappa shape index (κ3) is 4.19. The van der Waals surface area contributed by atoms with Crippen LogP contribution in [-0.2, 0) is 4.74 Å². The van der Waals surface area contributed by atoms with Crippen LogP contribution in [0.25, 0.3) is 0 Å². The van der Waals surface area contributed by atoms with E-state index in [0.717, 1.165) is 37.9 Å². The first-order valence-corrected chi connectivity index (χ1v) is 8.89. The SMILES string of the molecule is C1CCC(C2(C3CCCCC3)CNCCO2)CC1.N=CN. The molecule has 3 fully saturated rings. The molecule has 1 saturated heterocycles. The van der Waals surface area contributed by atoms with E-state index in [-0.39, 0.29) is 5.60 Å². The lowest BCUT2D eigenvalue weighted by Gasteiger charge is -2.51. The summed E-state index contributed by atoms with van der Waals surface area (Å²) in [6.07, 6.45) is 15.0. The number of hydrogen-bond acceptors (Lipinski definition) is 3. The zero-order chi connectivity index (χ0) is 15.0. The number of ether oxygens (including phenoxy) is 1. The first-order valence-electron chi connectivity index (χ1n) is 8.89. The summed E-state index contributed by atoms with van der Waals surface area (Å²) in [6, 6.07) is 0. The first-order chi connectivity index (χ1) is 10.3. The van der Waals surface area contributed by atoms with Gasteiger partial charge in [-0.1, -0.05) is 38.5 Å². The quantitative estimate of drug-likeness (QED) is 0.541. The van der Waals surface area contributed by atoms with Crippen LogP contribution in [0, 0.1) is 17.2 Å². The van der Waals surface area contributed by atoms with Crippen LogP contribution < -0.4 is 11.1 Å².